The minimum atomic E-state index is -3.16. The van der Waals surface area contributed by atoms with Gasteiger partial charge in [-0.05, 0) is 55.3 Å². The smallest absolute Gasteiger partial charge is 0.387 e. The maximum absolute atomic E-state index is 12.7. The van der Waals surface area contributed by atoms with Crippen molar-refractivity contribution >= 4 is 17.7 Å². The second kappa shape index (κ2) is 11.4. The standard InChI is InChI=1S/C23H24F4N2O4/c1-31-18-7-4-17(5-8-18)29-12-10-16(11-13-29)28-21(30)9-3-15-2-6-19(32-22(24)25)14-20(15)33-23(26)27/h2-9,14,16,22-23H,10-13H2,1H3,(H,28,30)/b9-3+. The van der Waals surface area contributed by atoms with Gasteiger partial charge in [-0.2, -0.15) is 17.6 Å². The van der Waals surface area contributed by atoms with Crippen LogP contribution in [0.4, 0.5) is 23.2 Å². The van der Waals surface area contributed by atoms with E-state index in [0.29, 0.717) is 0 Å². The molecule has 3 rings (SSSR count). The minimum absolute atomic E-state index is 0.0322. The van der Waals surface area contributed by atoms with Crippen LogP contribution in [0.15, 0.2) is 48.5 Å². The average molecular weight is 468 g/mol. The third-order valence-corrected chi connectivity index (χ3v) is 5.12. The number of amides is 1. The van der Waals surface area contributed by atoms with Crippen LogP contribution in [-0.4, -0.2) is 45.4 Å². The van der Waals surface area contributed by atoms with Crippen LogP contribution in [0.3, 0.4) is 0 Å². The quantitative estimate of drug-likeness (QED) is 0.427. The summed E-state index contributed by atoms with van der Waals surface area (Å²) in [5.41, 5.74) is 1.20. The summed E-state index contributed by atoms with van der Waals surface area (Å²) < 4.78 is 63.8. The summed E-state index contributed by atoms with van der Waals surface area (Å²) in [6.45, 7) is -4.74. The summed E-state index contributed by atoms with van der Waals surface area (Å²) >= 11 is 0. The van der Waals surface area contributed by atoms with E-state index in [9.17, 15) is 22.4 Å². The number of nitrogens with one attached hydrogen (secondary N) is 1. The number of hydrogen-bond acceptors (Lipinski definition) is 5. The van der Waals surface area contributed by atoms with Gasteiger partial charge >= 0.3 is 13.2 Å². The van der Waals surface area contributed by atoms with E-state index in [0.717, 1.165) is 43.4 Å². The fourth-order valence-electron chi connectivity index (χ4n) is 3.52. The topological polar surface area (TPSA) is 60.0 Å². The summed E-state index contributed by atoms with van der Waals surface area (Å²) in [7, 11) is 1.61. The molecule has 10 heteroatoms. The van der Waals surface area contributed by atoms with E-state index in [4.69, 9.17) is 4.74 Å². The molecule has 0 spiro atoms. The predicted molar refractivity (Wildman–Crippen MR) is 115 cm³/mol. The molecular weight excluding hydrogens is 444 g/mol. The molecule has 0 saturated carbocycles. The van der Waals surface area contributed by atoms with Crippen LogP contribution in [0, 0.1) is 0 Å². The predicted octanol–water partition coefficient (Wildman–Crippen LogP) is 4.70. The lowest BCUT2D eigenvalue weighted by Gasteiger charge is -2.33. The number of methoxy groups -OCH3 is 1. The highest BCUT2D eigenvalue weighted by Crippen LogP contribution is 2.28. The van der Waals surface area contributed by atoms with Crippen LogP contribution < -0.4 is 24.4 Å². The third kappa shape index (κ3) is 7.30. The van der Waals surface area contributed by atoms with Crippen LogP contribution in [0.5, 0.6) is 17.2 Å². The van der Waals surface area contributed by atoms with Crippen molar-refractivity contribution in [2.45, 2.75) is 32.1 Å². The Bertz CT molecular complexity index is 946. The number of carbonyl (C=O) groups is 1. The van der Waals surface area contributed by atoms with Gasteiger partial charge in [-0.15, -0.1) is 0 Å². The molecule has 0 aliphatic carbocycles. The fraction of sp³-hybridized carbons (Fsp3) is 0.348. The van der Waals surface area contributed by atoms with Gasteiger partial charge in [0.25, 0.3) is 0 Å². The van der Waals surface area contributed by atoms with Crippen molar-refractivity contribution in [3.8, 4) is 17.2 Å². The zero-order valence-corrected chi connectivity index (χ0v) is 17.8. The van der Waals surface area contributed by atoms with E-state index in [2.05, 4.69) is 19.7 Å². The first kappa shape index (κ1) is 24.2. The highest BCUT2D eigenvalue weighted by Gasteiger charge is 2.20. The Labute approximate surface area is 188 Å². The Kier molecular flexibility index (Phi) is 8.39. The van der Waals surface area contributed by atoms with E-state index in [-0.39, 0.29) is 23.1 Å². The molecule has 1 aliphatic rings. The molecule has 178 valence electrons. The molecule has 2 aromatic rings. The van der Waals surface area contributed by atoms with Crippen LogP contribution in [-0.2, 0) is 4.79 Å². The van der Waals surface area contributed by atoms with Crippen molar-refractivity contribution in [2.75, 3.05) is 25.1 Å². The molecule has 1 N–H and O–H groups in total. The number of rotatable bonds is 9. The van der Waals surface area contributed by atoms with Crippen molar-refractivity contribution in [3.63, 3.8) is 0 Å². The van der Waals surface area contributed by atoms with Crippen LogP contribution in [0.25, 0.3) is 6.08 Å². The molecular formula is C23H24F4N2O4. The molecule has 1 heterocycles. The van der Waals surface area contributed by atoms with E-state index < -0.39 is 19.1 Å². The molecule has 0 radical (unpaired) electrons. The Balaban J connectivity index is 1.55. The number of anilines is 1. The van der Waals surface area contributed by atoms with Gasteiger partial charge in [0, 0.05) is 42.5 Å². The zero-order chi connectivity index (χ0) is 23.8. The normalized spacial score (nSPS) is 14.7. The molecule has 0 unspecified atom stereocenters. The van der Waals surface area contributed by atoms with E-state index >= 15 is 0 Å². The molecule has 0 atom stereocenters. The molecule has 0 aromatic heterocycles. The molecule has 1 fully saturated rings. The number of carbonyl (C=O) groups excluding carboxylic acids is 1. The van der Waals surface area contributed by atoms with E-state index in [1.807, 2.05) is 24.3 Å². The van der Waals surface area contributed by atoms with Gasteiger partial charge in [0.2, 0.25) is 5.91 Å². The van der Waals surface area contributed by atoms with Gasteiger partial charge in [-0.3, -0.25) is 4.79 Å². The minimum Gasteiger partial charge on any atom is -0.497 e. The van der Waals surface area contributed by atoms with Gasteiger partial charge in [0.1, 0.15) is 17.2 Å². The Morgan fingerprint density at radius 2 is 1.64 bits per heavy atom. The summed E-state index contributed by atoms with van der Waals surface area (Å²) in [4.78, 5) is 14.5. The number of hydrogen-bond donors (Lipinski definition) is 1. The molecule has 1 saturated heterocycles. The molecule has 6 nitrogen and oxygen atoms in total. The lowest BCUT2D eigenvalue weighted by Crippen LogP contribution is -2.44. The number of benzene rings is 2. The highest BCUT2D eigenvalue weighted by molar-refractivity contribution is 5.92. The molecule has 1 aliphatic heterocycles. The second-order valence-corrected chi connectivity index (χ2v) is 7.26. The fourth-order valence-corrected chi connectivity index (χ4v) is 3.52. The Morgan fingerprint density at radius 1 is 1.00 bits per heavy atom. The summed E-state index contributed by atoms with van der Waals surface area (Å²) in [5, 5.41) is 2.89. The highest BCUT2D eigenvalue weighted by atomic mass is 19.3. The number of piperidine rings is 1. The number of ether oxygens (including phenoxy) is 3. The monoisotopic (exact) mass is 468 g/mol. The summed E-state index contributed by atoms with van der Waals surface area (Å²) in [6, 6.07) is 11.1. The second-order valence-electron chi connectivity index (χ2n) is 7.26. The molecule has 33 heavy (non-hydrogen) atoms. The molecule has 2 aromatic carbocycles. The summed E-state index contributed by atoms with van der Waals surface area (Å²) in [5.74, 6) is -0.314. The van der Waals surface area contributed by atoms with Gasteiger partial charge < -0.3 is 24.4 Å². The van der Waals surface area contributed by atoms with Crippen LogP contribution in [0.1, 0.15) is 18.4 Å². The van der Waals surface area contributed by atoms with Crippen LogP contribution >= 0.6 is 0 Å². The first-order valence-corrected chi connectivity index (χ1v) is 10.3. The molecule has 0 bridgehead atoms. The van der Waals surface area contributed by atoms with Crippen LogP contribution in [0.2, 0.25) is 0 Å². The third-order valence-electron chi connectivity index (χ3n) is 5.12. The largest absolute Gasteiger partial charge is 0.497 e. The van der Waals surface area contributed by atoms with Gasteiger partial charge in [0.15, 0.2) is 0 Å². The lowest BCUT2D eigenvalue weighted by molar-refractivity contribution is -0.117. The van der Waals surface area contributed by atoms with Crippen molar-refractivity contribution in [3.05, 3.63) is 54.1 Å². The number of alkyl halides is 4. The van der Waals surface area contributed by atoms with Crippen molar-refractivity contribution in [1.29, 1.82) is 0 Å². The van der Waals surface area contributed by atoms with Gasteiger partial charge in [-0.25, -0.2) is 0 Å². The van der Waals surface area contributed by atoms with Crippen molar-refractivity contribution < 1.29 is 36.6 Å². The maximum atomic E-state index is 12.7. The maximum Gasteiger partial charge on any atom is 0.387 e. The van der Waals surface area contributed by atoms with E-state index in [1.165, 1.54) is 24.3 Å². The zero-order valence-electron chi connectivity index (χ0n) is 17.8. The number of halogens is 4. The summed E-state index contributed by atoms with van der Waals surface area (Å²) in [6.07, 6.45) is 3.96. The number of nitrogens with zero attached hydrogens (tertiary/aromatic N) is 1. The van der Waals surface area contributed by atoms with E-state index in [1.54, 1.807) is 7.11 Å². The van der Waals surface area contributed by atoms with Gasteiger partial charge in [0.05, 0.1) is 7.11 Å². The van der Waals surface area contributed by atoms with Gasteiger partial charge in [-0.1, -0.05) is 0 Å². The molecule has 1 amide bonds. The Morgan fingerprint density at radius 3 is 2.24 bits per heavy atom. The van der Waals surface area contributed by atoms with Crippen molar-refractivity contribution in [2.24, 2.45) is 0 Å². The first-order valence-electron chi connectivity index (χ1n) is 10.3. The average Bonchev–Trinajstić information content (AvgIpc) is 2.78. The lowest BCUT2D eigenvalue weighted by atomic mass is 10.0. The van der Waals surface area contributed by atoms with Crippen molar-refractivity contribution in [1.82, 2.24) is 5.32 Å². The first-order chi connectivity index (χ1) is 15.8. The Hall–Kier alpha value is -3.43. The SMILES string of the molecule is COc1ccc(N2CCC(NC(=O)/C=C/c3ccc(OC(F)F)cc3OC(F)F)CC2)cc1.